The van der Waals surface area contributed by atoms with Crippen molar-refractivity contribution < 1.29 is 22.7 Å². The maximum atomic E-state index is 12.6. The fourth-order valence-electron chi connectivity index (χ4n) is 2.36. The molecule has 0 heterocycles. The molecular weight excluding hydrogens is 367 g/mol. The summed E-state index contributed by atoms with van der Waals surface area (Å²) >= 11 is 0. The monoisotopic (exact) mass is 383 g/mol. The molecular formula is C22H16F3NO2. The minimum absolute atomic E-state index is 0.0412. The fraction of sp³-hybridized carbons (Fsp3) is 0.0909. The lowest BCUT2D eigenvalue weighted by Crippen LogP contribution is -2.09. The molecule has 3 aromatic rings. The zero-order valence-electron chi connectivity index (χ0n) is 14.9. The molecule has 0 aliphatic rings. The first-order valence-corrected chi connectivity index (χ1v) is 8.41. The van der Waals surface area contributed by atoms with E-state index >= 15 is 0 Å². The molecule has 0 aromatic heterocycles. The van der Waals surface area contributed by atoms with Crippen molar-refractivity contribution >= 4 is 17.9 Å². The Labute approximate surface area is 160 Å². The highest BCUT2D eigenvalue weighted by Crippen LogP contribution is 2.30. The van der Waals surface area contributed by atoms with Gasteiger partial charge in [-0.3, -0.25) is 4.99 Å². The lowest BCUT2D eigenvalue weighted by molar-refractivity contribution is -0.137. The lowest BCUT2D eigenvalue weighted by Gasteiger charge is -2.08. The normalized spacial score (nSPS) is 11.6. The van der Waals surface area contributed by atoms with Crippen LogP contribution in [0.15, 0.2) is 77.8 Å². The largest absolute Gasteiger partial charge is 0.423 e. The number of aryl methyl sites for hydroxylation is 1. The van der Waals surface area contributed by atoms with Crippen LogP contribution in [0.5, 0.6) is 5.75 Å². The minimum Gasteiger partial charge on any atom is -0.423 e. The maximum Gasteiger partial charge on any atom is 0.416 e. The first-order valence-electron chi connectivity index (χ1n) is 8.41. The van der Waals surface area contributed by atoms with Crippen molar-refractivity contribution in [3.63, 3.8) is 0 Å². The van der Waals surface area contributed by atoms with Crippen molar-refractivity contribution in [3.8, 4) is 5.75 Å². The summed E-state index contributed by atoms with van der Waals surface area (Å²) in [4.78, 5) is 16.5. The summed E-state index contributed by atoms with van der Waals surface area (Å²) in [5, 5.41) is 0. The number of hydrogen-bond donors (Lipinski definition) is 0. The van der Waals surface area contributed by atoms with Crippen LogP contribution in [0.25, 0.3) is 0 Å². The van der Waals surface area contributed by atoms with E-state index in [-0.39, 0.29) is 11.3 Å². The van der Waals surface area contributed by atoms with Gasteiger partial charge in [-0.15, -0.1) is 0 Å². The predicted molar refractivity (Wildman–Crippen MR) is 101 cm³/mol. The van der Waals surface area contributed by atoms with Crippen LogP contribution in [0.1, 0.15) is 27.0 Å². The van der Waals surface area contributed by atoms with Crippen molar-refractivity contribution in [2.24, 2.45) is 4.99 Å². The minimum atomic E-state index is -4.43. The lowest BCUT2D eigenvalue weighted by atomic mass is 10.2. The van der Waals surface area contributed by atoms with Gasteiger partial charge in [0.2, 0.25) is 0 Å². The van der Waals surface area contributed by atoms with Crippen LogP contribution in [0.3, 0.4) is 0 Å². The zero-order chi connectivity index (χ0) is 20.1. The van der Waals surface area contributed by atoms with E-state index in [0.717, 1.165) is 35.4 Å². The molecule has 0 saturated carbocycles. The molecule has 3 rings (SSSR count). The van der Waals surface area contributed by atoms with E-state index in [1.165, 1.54) is 0 Å². The summed E-state index contributed by atoms with van der Waals surface area (Å²) in [5.41, 5.74) is 2.24. The Bertz CT molecular complexity index is 974. The molecule has 142 valence electrons. The first kappa shape index (κ1) is 19.4. The zero-order valence-corrected chi connectivity index (χ0v) is 14.9. The number of hydrogen-bond acceptors (Lipinski definition) is 3. The van der Waals surface area contributed by atoms with Gasteiger partial charge in [0, 0.05) is 6.21 Å². The van der Waals surface area contributed by atoms with E-state index < -0.39 is 17.7 Å². The molecule has 0 bridgehead atoms. The molecule has 6 heteroatoms. The van der Waals surface area contributed by atoms with Crippen molar-refractivity contribution in [1.29, 1.82) is 0 Å². The van der Waals surface area contributed by atoms with E-state index in [1.807, 2.05) is 31.2 Å². The van der Waals surface area contributed by atoms with Gasteiger partial charge in [0.15, 0.2) is 0 Å². The second-order valence-corrected chi connectivity index (χ2v) is 6.13. The summed E-state index contributed by atoms with van der Waals surface area (Å²) in [6.07, 6.45) is -2.72. The molecule has 28 heavy (non-hydrogen) atoms. The van der Waals surface area contributed by atoms with Crippen molar-refractivity contribution in [3.05, 3.63) is 95.1 Å². The summed E-state index contributed by atoms with van der Waals surface area (Å²) in [5.74, 6) is -0.617. The molecule has 0 aliphatic heterocycles. The molecule has 0 atom stereocenters. The van der Waals surface area contributed by atoms with Crippen LogP contribution in [0.2, 0.25) is 0 Å². The van der Waals surface area contributed by atoms with Crippen LogP contribution in [-0.2, 0) is 6.18 Å². The Morgan fingerprint density at radius 1 is 0.893 bits per heavy atom. The van der Waals surface area contributed by atoms with Gasteiger partial charge >= 0.3 is 12.1 Å². The maximum absolute atomic E-state index is 12.6. The Kier molecular flexibility index (Phi) is 5.59. The molecule has 0 unspecified atom stereocenters. The van der Waals surface area contributed by atoms with Crippen LogP contribution in [0.4, 0.5) is 18.9 Å². The standard InChI is InChI=1S/C22H16F3NO2/c1-15-2-4-16(5-3-15)14-26-19-10-6-17(7-11-19)21(27)28-20-12-8-18(9-13-20)22(23,24)25/h2-14H,1H3. The van der Waals surface area contributed by atoms with Crippen molar-refractivity contribution in [1.82, 2.24) is 0 Å². The highest BCUT2D eigenvalue weighted by molar-refractivity contribution is 5.91. The van der Waals surface area contributed by atoms with Gasteiger partial charge < -0.3 is 4.74 Å². The highest BCUT2D eigenvalue weighted by Gasteiger charge is 2.30. The van der Waals surface area contributed by atoms with E-state index in [2.05, 4.69) is 4.99 Å². The Balaban J connectivity index is 1.64. The summed E-state index contributed by atoms with van der Waals surface area (Å²) in [6.45, 7) is 2.00. The van der Waals surface area contributed by atoms with E-state index in [9.17, 15) is 18.0 Å². The summed E-state index contributed by atoms with van der Waals surface area (Å²) in [6, 6.07) is 18.3. The Morgan fingerprint density at radius 2 is 1.50 bits per heavy atom. The molecule has 0 N–H and O–H groups in total. The average Bonchev–Trinajstić information content (AvgIpc) is 2.67. The summed E-state index contributed by atoms with van der Waals surface area (Å²) in [7, 11) is 0. The topological polar surface area (TPSA) is 38.7 Å². The number of carbonyl (C=O) groups is 1. The Morgan fingerprint density at radius 3 is 2.07 bits per heavy atom. The van der Waals surface area contributed by atoms with E-state index in [4.69, 9.17) is 4.74 Å². The number of carbonyl (C=O) groups excluding carboxylic acids is 1. The average molecular weight is 383 g/mol. The van der Waals surface area contributed by atoms with Gasteiger partial charge in [-0.2, -0.15) is 13.2 Å². The first-order chi connectivity index (χ1) is 13.3. The third-order valence-electron chi connectivity index (χ3n) is 3.94. The molecule has 0 spiro atoms. The van der Waals surface area contributed by atoms with Gasteiger partial charge in [0.1, 0.15) is 5.75 Å². The second kappa shape index (κ2) is 8.08. The van der Waals surface area contributed by atoms with Crippen LogP contribution >= 0.6 is 0 Å². The number of alkyl halides is 3. The molecule has 0 amide bonds. The number of halogens is 3. The molecule has 0 fully saturated rings. The van der Waals surface area contributed by atoms with Gasteiger partial charge in [-0.05, 0) is 61.0 Å². The molecule has 3 aromatic carbocycles. The number of ether oxygens (including phenoxy) is 1. The second-order valence-electron chi connectivity index (χ2n) is 6.13. The van der Waals surface area contributed by atoms with Crippen molar-refractivity contribution in [2.45, 2.75) is 13.1 Å². The number of rotatable bonds is 4. The van der Waals surface area contributed by atoms with E-state index in [1.54, 1.807) is 30.5 Å². The smallest absolute Gasteiger partial charge is 0.416 e. The third kappa shape index (κ3) is 5.07. The Hall–Kier alpha value is -3.41. The fourth-order valence-corrected chi connectivity index (χ4v) is 2.36. The number of esters is 1. The molecule has 0 aliphatic carbocycles. The van der Waals surface area contributed by atoms with Crippen LogP contribution in [-0.4, -0.2) is 12.2 Å². The van der Waals surface area contributed by atoms with Gasteiger partial charge in [0.05, 0.1) is 16.8 Å². The van der Waals surface area contributed by atoms with Gasteiger partial charge in [-0.1, -0.05) is 29.8 Å². The van der Waals surface area contributed by atoms with E-state index in [0.29, 0.717) is 5.69 Å². The predicted octanol–water partition coefficient (Wildman–Crippen LogP) is 5.98. The van der Waals surface area contributed by atoms with Gasteiger partial charge in [-0.25, -0.2) is 4.79 Å². The number of benzene rings is 3. The van der Waals surface area contributed by atoms with Gasteiger partial charge in [0.25, 0.3) is 0 Å². The molecule has 0 radical (unpaired) electrons. The van der Waals surface area contributed by atoms with Crippen LogP contribution < -0.4 is 4.74 Å². The SMILES string of the molecule is Cc1ccc(C=Nc2ccc(C(=O)Oc3ccc(C(F)(F)F)cc3)cc2)cc1. The molecule has 3 nitrogen and oxygen atoms in total. The quantitative estimate of drug-likeness (QED) is 0.316. The third-order valence-corrected chi connectivity index (χ3v) is 3.94. The highest BCUT2D eigenvalue weighted by atomic mass is 19.4. The molecule has 0 saturated heterocycles. The number of aliphatic imine (C=N–C) groups is 1. The van der Waals surface area contributed by atoms with Crippen molar-refractivity contribution in [2.75, 3.05) is 0 Å². The number of nitrogens with zero attached hydrogens (tertiary/aromatic N) is 1. The summed E-state index contributed by atoms with van der Waals surface area (Å²) < 4.78 is 42.8. The van der Waals surface area contributed by atoms with Crippen LogP contribution in [0, 0.1) is 6.92 Å².